The van der Waals surface area contributed by atoms with Crippen LogP contribution in [-0.4, -0.2) is 135 Å². The van der Waals surface area contributed by atoms with Crippen molar-refractivity contribution < 1.29 is 48.0 Å². The van der Waals surface area contributed by atoms with Crippen LogP contribution in [0.5, 0.6) is 11.5 Å². The van der Waals surface area contributed by atoms with E-state index in [1.165, 1.54) is 12.7 Å². The normalized spacial score (nSPS) is 12.9. The summed E-state index contributed by atoms with van der Waals surface area (Å²) in [5.74, 6) is 0.119. The number of carbonyl (C=O) groups is 5. The van der Waals surface area contributed by atoms with Gasteiger partial charge in [0.1, 0.15) is 31.4 Å². The first-order chi connectivity index (χ1) is 30.9. The van der Waals surface area contributed by atoms with Crippen molar-refractivity contribution >= 4 is 41.2 Å². The molecule has 64 heavy (non-hydrogen) atoms. The molecule has 1 heterocycles. The zero-order chi connectivity index (χ0) is 46.0. The van der Waals surface area contributed by atoms with E-state index >= 15 is 0 Å². The van der Waals surface area contributed by atoms with E-state index in [2.05, 4.69) is 19.1 Å². The molecule has 0 spiro atoms. The van der Waals surface area contributed by atoms with Gasteiger partial charge in [-0.2, -0.15) is 0 Å². The second-order valence-electron chi connectivity index (χ2n) is 15.7. The molecule has 14 nitrogen and oxygen atoms in total. The Balaban J connectivity index is 0.967. The summed E-state index contributed by atoms with van der Waals surface area (Å²) in [5, 5.41) is 9.93. The fraction of sp³-hybridized carbons (Fsp3) is 0.380. The lowest BCUT2D eigenvalue weighted by Crippen LogP contribution is -2.36. The van der Waals surface area contributed by atoms with Gasteiger partial charge in [-0.05, 0) is 89.1 Å². The van der Waals surface area contributed by atoms with E-state index in [0.717, 1.165) is 44.7 Å². The number of likely N-dealkylation sites (N-methyl/N-ethyl adjacent to an activating group) is 2. The van der Waals surface area contributed by atoms with Crippen LogP contribution in [0.4, 0.5) is 0 Å². The van der Waals surface area contributed by atoms with Gasteiger partial charge in [0.2, 0.25) is 24.1 Å². The van der Waals surface area contributed by atoms with Gasteiger partial charge < -0.3 is 38.8 Å². The molecule has 14 heteroatoms. The molecule has 0 saturated carbocycles. The van der Waals surface area contributed by atoms with Crippen LogP contribution in [0.15, 0.2) is 97.1 Å². The molecule has 4 aromatic rings. The molecule has 5 amide bonds. The number of methoxy groups -OCH3 is 1. The molecule has 0 bridgehead atoms. The maximum Gasteiger partial charge on any atom is 0.254 e. The fourth-order valence-electron chi connectivity index (χ4n) is 7.37. The molecule has 0 aromatic heterocycles. The minimum absolute atomic E-state index is 0.0970. The molecule has 0 fully saturated rings. The van der Waals surface area contributed by atoms with Crippen molar-refractivity contribution in [1.29, 1.82) is 0 Å². The average Bonchev–Trinajstić information content (AvgIpc) is 3.64. The number of hydrogen-bond acceptors (Lipinski definition) is 10. The largest absolute Gasteiger partial charge is 0.508 e. The highest BCUT2D eigenvalue weighted by Crippen LogP contribution is 2.35. The van der Waals surface area contributed by atoms with Gasteiger partial charge in [0, 0.05) is 52.3 Å². The second-order valence-corrected chi connectivity index (χ2v) is 15.7. The number of amides is 5. The van der Waals surface area contributed by atoms with Gasteiger partial charge >= 0.3 is 0 Å². The Hall–Kier alpha value is -6.35. The Bertz CT molecular complexity index is 2210. The highest BCUT2D eigenvalue weighted by atomic mass is 16.5. The van der Waals surface area contributed by atoms with Gasteiger partial charge in [0.05, 0.1) is 32.8 Å². The van der Waals surface area contributed by atoms with Crippen LogP contribution in [0.25, 0.3) is 11.1 Å². The molecule has 4 aromatic carbocycles. The van der Waals surface area contributed by atoms with Crippen LogP contribution in [0, 0.1) is 0 Å². The molecule has 0 saturated heterocycles. The number of ether oxygens (including phenoxy) is 4. The molecule has 1 atom stereocenters. The number of benzene rings is 4. The van der Waals surface area contributed by atoms with E-state index in [1.54, 1.807) is 53.1 Å². The van der Waals surface area contributed by atoms with E-state index in [4.69, 9.17) is 18.9 Å². The second kappa shape index (κ2) is 24.5. The Morgan fingerprint density at radius 1 is 0.797 bits per heavy atom. The van der Waals surface area contributed by atoms with Crippen LogP contribution in [0.2, 0.25) is 0 Å². The average molecular weight is 877 g/mol. The molecule has 0 radical (unpaired) electrons. The van der Waals surface area contributed by atoms with Crippen molar-refractivity contribution in [3.05, 3.63) is 130 Å². The first-order valence-electron chi connectivity index (χ1n) is 21.5. The number of aromatic hydroxyl groups is 1. The highest BCUT2D eigenvalue weighted by molar-refractivity contribution is 5.99. The Kier molecular flexibility index (Phi) is 18.6. The standard InChI is InChI=1S/C50H60N4O10/c1-6-44(38-10-8-7-9-11-38)49(39-14-18-42(56)19-15-39)40-16-20-43(21-17-40)64-27-25-52(4)48(59)33-63-29-28-62-26-24-51(3)47(58)31-37-13-22-45-41(30-37)32-54(50(45)60)36(2)12-23-46(57)53(34-55)35-61-5/h7-11,13-22,30,34,36,56H,6,12,23-29,31-33,35H2,1-5H3/b49-44-. The van der Waals surface area contributed by atoms with Gasteiger partial charge in [-0.25, -0.2) is 0 Å². The SMILES string of the molecule is CC/C(=C(\c1ccc(O)cc1)c1ccc(OCCN(C)C(=O)COCCOCCN(C)C(=O)Cc2ccc3c(c2)CN(C(C)CCC(=O)N(C=O)COC)C3=O)cc1)c1ccccc1. The summed E-state index contributed by atoms with van der Waals surface area (Å²) in [7, 11) is 4.81. The fourth-order valence-corrected chi connectivity index (χ4v) is 7.37. The molecule has 1 aliphatic rings. The summed E-state index contributed by atoms with van der Waals surface area (Å²) < 4.78 is 22.1. The van der Waals surface area contributed by atoms with Crippen LogP contribution < -0.4 is 4.74 Å². The van der Waals surface area contributed by atoms with E-state index in [-0.39, 0.29) is 74.8 Å². The number of imide groups is 1. The van der Waals surface area contributed by atoms with Gasteiger partial charge in [-0.15, -0.1) is 0 Å². The molecular formula is C50H60N4O10. The minimum atomic E-state index is -0.369. The van der Waals surface area contributed by atoms with Crippen molar-refractivity contribution in [2.24, 2.45) is 0 Å². The minimum Gasteiger partial charge on any atom is -0.508 e. The van der Waals surface area contributed by atoms with Gasteiger partial charge in [-0.3, -0.25) is 28.9 Å². The molecule has 340 valence electrons. The molecule has 0 aliphatic carbocycles. The van der Waals surface area contributed by atoms with Gasteiger partial charge in [0.25, 0.3) is 5.91 Å². The lowest BCUT2D eigenvalue weighted by molar-refractivity contribution is -0.143. The number of fused-ring (bicyclic) bond motifs is 1. The summed E-state index contributed by atoms with van der Waals surface area (Å²) in [6.45, 7) is 5.98. The van der Waals surface area contributed by atoms with E-state index in [9.17, 15) is 29.1 Å². The lowest BCUT2D eigenvalue weighted by Gasteiger charge is -2.24. The zero-order valence-electron chi connectivity index (χ0n) is 37.5. The van der Waals surface area contributed by atoms with Crippen LogP contribution in [-0.2, 0) is 46.4 Å². The van der Waals surface area contributed by atoms with Crippen LogP contribution >= 0.6 is 0 Å². The third kappa shape index (κ3) is 13.6. The Morgan fingerprint density at radius 3 is 2.12 bits per heavy atom. The maximum atomic E-state index is 13.1. The van der Waals surface area contributed by atoms with Crippen LogP contribution in [0.3, 0.4) is 0 Å². The summed E-state index contributed by atoms with van der Waals surface area (Å²) in [5.41, 5.74) is 7.64. The number of phenols is 1. The van der Waals surface area contributed by atoms with Crippen LogP contribution in [0.1, 0.15) is 71.3 Å². The first kappa shape index (κ1) is 48.7. The first-order valence-corrected chi connectivity index (χ1v) is 21.5. The highest BCUT2D eigenvalue weighted by Gasteiger charge is 2.31. The van der Waals surface area contributed by atoms with Crippen molar-refractivity contribution in [3.63, 3.8) is 0 Å². The molecule has 1 N–H and O–H groups in total. The molecule has 5 rings (SSSR count). The summed E-state index contributed by atoms with van der Waals surface area (Å²) in [6.07, 6.45) is 1.90. The summed E-state index contributed by atoms with van der Waals surface area (Å²) in [4.78, 5) is 68.1. The Morgan fingerprint density at radius 2 is 1.45 bits per heavy atom. The summed E-state index contributed by atoms with van der Waals surface area (Å²) in [6, 6.07) is 30.6. The quantitative estimate of drug-likeness (QED) is 0.0361. The number of allylic oxidation sites excluding steroid dienone is 1. The lowest BCUT2D eigenvalue weighted by atomic mass is 9.88. The smallest absolute Gasteiger partial charge is 0.254 e. The number of phenolic OH excluding ortho intramolecular Hbond substituents is 1. The van der Waals surface area contributed by atoms with E-state index < -0.39 is 0 Å². The third-order valence-electron chi connectivity index (χ3n) is 11.2. The van der Waals surface area contributed by atoms with E-state index in [0.29, 0.717) is 57.0 Å². The third-order valence-corrected chi connectivity index (χ3v) is 11.2. The zero-order valence-corrected chi connectivity index (χ0v) is 37.5. The van der Waals surface area contributed by atoms with Gasteiger partial charge in [0.15, 0.2) is 0 Å². The van der Waals surface area contributed by atoms with Crippen molar-refractivity contribution in [3.8, 4) is 11.5 Å². The summed E-state index contributed by atoms with van der Waals surface area (Å²) >= 11 is 0. The molecule has 1 aliphatic heterocycles. The predicted octanol–water partition coefficient (Wildman–Crippen LogP) is 6.05. The molecule has 1 unspecified atom stereocenters. The number of nitrogens with zero attached hydrogens (tertiary/aromatic N) is 4. The Labute approximate surface area is 375 Å². The van der Waals surface area contributed by atoms with E-state index in [1.807, 2.05) is 67.6 Å². The topological polar surface area (TPSA) is 155 Å². The number of carbonyl (C=O) groups excluding carboxylic acids is 5. The maximum absolute atomic E-state index is 13.1. The number of rotatable bonds is 25. The number of hydrogen-bond donors (Lipinski definition) is 1. The molecular weight excluding hydrogens is 817 g/mol. The monoisotopic (exact) mass is 876 g/mol. The van der Waals surface area contributed by atoms with Crippen molar-refractivity contribution in [1.82, 2.24) is 19.6 Å². The van der Waals surface area contributed by atoms with Crippen molar-refractivity contribution in [2.45, 2.75) is 52.1 Å². The predicted molar refractivity (Wildman–Crippen MR) is 243 cm³/mol. The van der Waals surface area contributed by atoms with Gasteiger partial charge in [-0.1, -0.05) is 73.7 Å². The van der Waals surface area contributed by atoms with Crippen molar-refractivity contribution in [2.75, 3.05) is 74.1 Å².